The molecule has 0 saturated carbocycles. The van der Waals surface area contributed by atoms with E-state index >= 15 is 0 Å². The van der Waals surface area contributed by atoms with Crippen molar-refractivity contribution >= 4 is 6.29 Å². The molecule has 8 heavy (non-hydrogen) atoms. The number of carbonyl (C=O) groups excluding carboxylic acids is 1. The third kappa shape index (κ3) is 5.59. The van der Waals surface area contributed by atoms with E-state index in [1.54, 1.807) is 14.2 Å². The summed E-state index contributed by atoms with van der Waals surface area (Å²) in [6.07, 6.45) is 0.759. The number of hydrogen-bond donors (Lipinski definition) is 0. The van der Waals surface area contributed by atoms with E-state index in [0.29, 0.717) is 6.61 Å². The highest BCUT2D eigenvalue weighted by Crippen LogP contribution is 2.02. The summed E-state index contributed by atoms with van der Waals surface area (Å²) in [7, 11) is 3.25. The molecular formula is C5H10O3. The highest BCUT2D eigenvalue weighted by molar-refractivity contribution is 5.58. The molecule has 0 bridgehead atoms. The van der Waals surface area contributed by atoms with Gasteiger partial charge in [-0.1, -0.05) is 0 Å². The van der Waals surface area contributed by atoms with Gasteiger partial charge in [0.15, 0.2) is 6.29 Å². The van der Waals surface area contributed by atoms with Crippen molar-refractivity contribution < 1.29 is 14.3 Å². The topological polar surface area (TPSA) is 38.8 Å². The van der Waals surface area contributed by atoms with Crippen molar-refractivity contribution in [3.8, 4) is 0 Å². The summed E-state index contributed by atoms with van der Waals surface area (Å²) in [5.41, 5.74) is 0. The maximum absolute atomic E-state index is 9.44. The van der Waals surface area contributed by atoms with Crippen LogP contribution in [0.2, 0.25) is 0 Å². The fraction of sp³-hybridized carbons (Fsp3) is 0.800. The van der Waals surface area contributed by atoms with E-state index in [-0.39, 0.29) is 6.10 Å². The van der Waals surface area contributed by atoms with Crippen molar-refractivity contribution in [2.24, 2.45) is 0 Å². The first-order chi connectivity index (χ1) is 3.85. The van der Waals surface area contributed by atoms with Crippen molar-refractivity contribution in [2.45, 2.75) is 6.10 Å². The Morgan fingerprint density at radius 1 is 1.75 bits per heavy atom. The van der Waals surface area contributed by atoms with Gasteiger partial charge >= 0.3 is 0 Å². The lowest BCUT2D eigenvalue weighted by atomic mass is 10.6. The van der Waals surface area contributed by atoms with Crippen LogP contribution < -0.4 is 0 Å². The third-order valence-corrected chi connectivity index (χ3v) is 0.511. The Morgan fingerprint density at radius 3 is 2.12 bits per heavy atom. The average Bonchev–Trinajstić information content (AvgIpc) is 2.48. The number of epoxide rings is 1. The lowest BCUT2D eigenvalue weighted by Crippen LogP contribution is -1.79. The molecule has 1 aliphatic heterocycles. The molecule has 3 heteroatoms. The van der Waals surface area contributed by atoms with Gasteiger partial charge in [0, 0.05) is 14.2 Å². The lowest BCUT2D eigenvalue weighted by Gasteiger charge is -1.61. The molecule has 48 valence electrons. The molecular weight excluding hydrogens is 108 g/mol. The van der Waals surface area contributed by atoms with Crippen molar-refractivity contribution in [3.05, 3.63) is 0 Å². The number of carbonyl (C=O) groups is 1. The monoisotopic (exact) mass is 118 g/mol. The number of ether oxygens (including phenoxy) is 2. The van der Waals surface area contributed by atoms with Gasteiger partial charge in [-0.25, -0.2) is 0 Å². The number of rotatable bonds is 1. The van der Waals surface area contributed by atoms with E-state index in [2.05, 4.69) is 9.47 Å². The van der Waals surface area contributed by atoms with E-state index in [9.17, 15) is 4.79 Å². The zero-order chi connectivity index (χ0) is 6.41. The third-order valence-electron chi connectivity index (χ3n) is 0.511. The predicted octanol–water partition coefficient (Wildman–Crippen LogP) is -0.153. The van der Waals surface area contributed by atoms with E-state index in [4.69, 9.17) is 0 Å². The van der Waals surface area contributed by atoms with Crippen LogP contribution in [-0.2, 0) is 14.3 Å². The average molecular weight is 118 g/mol. The second-order valence-electron chi connectivity index (χ2n) is 1.42. The summed E-state index contributed by atoms with van der Waals surface area (Å²) < 4.78 is 8.74. The van der Waals surface area contributed by atoms with Crippen molar-refractivity contribution in [1.29, 1.82) is 0 Å². The fourth-order valence-electron chi connectivity index (χ4n) is 0.134. The van der Waals surface area contributed by atoms with E-state index in [0.717, 1.165) is 6.29 Å². The lowest BCUT2D eigenvalue weighted by molar-refractivity contribution is -0.108. The molecule has 0 aromatic heterocycles. The van der Waals surface area contributed by atoms with Crippen LogP contribution in [0.3, 0.4) is 0 Å². The SMILES string of the molecule is COC.O=CC1CO1. The Balaban J connectivity index is 0.000000145. The highest BCUT2D eigenvalue weighted by atomic mass is 16.6. The van der Waals surface area contributed by atoms with Gasteiger partial charge in [0.05, 0.1) is 6.61 Å². The molecule has 1 heterocycles. The van der Waals surface area contributed by atoms with Gasteiger partial charge in [0.1, 0.15) is 6.10 Å². The minimum atomic E-state index is -0.0463. The normalized spacial score (nSPS) is 23.0. The van der Waals surface area contributed by atoms with E-state index in [1.165, 1.54) is 0 Å². The summed E-state index contributed by atoms with van der Waals surface area (Å²) in [6, 6.07) is 0. The van der Waals surface area contributed by atoms with Crippen LogP contribution in [0.4, 0.5) is 0 Å². The van der Waals surface area contributed by atoms with Gasteiger partial charge in [0.2, 0.25) is 0 Å². The second-order valence-corrected chi connectivity index (χ2v) is 1.42. The second kappa shape index (κ2) is 4.74. The maximum Gasteiger partial charge on any atom is 0.151 e. The van der Waals surface area contributed by atoms with Crippen LogP contribution in [0, 0.1) is 0 Å². The van der Waals surface area contributed by atoms with Gasteiger partial charge in [0.25, 0.3) is 0 Å². The number of aldehydes is 1. The van der Waals surface area contributed by atoms with Crippen LogP contribution in [0.25, 0.3) is 0 Å². The summed E-state index contributed by atoms with van der Waals surface area (Å²) >= 11 is 0. The molecule has 0 aliphatic carbocycles. The van der Waals surface area contributed by atoms with Crippen molar-refractivity contribution in [3.63, 3.8) is 0 Å². The Bertz CT molecular complexity index is 58.7. The molecule has 0 radical (unpaired) electrons. The zero-order valence-electron chi connectivity index (χ0n) is 5.09. The summed E-state index contributed by atoms with van der Waals surface area (Å²) in [5, 5.41) is 0. The quantitative estimate of drug-likeness (QED) is 0.355. The molecule has 1 atom stereocenters. The smallest absolute Gasteiger partial charge is 0.151 e. The largest absolute Gasteiger partial charge is 0.388 e. The zero-order valence-corrected chi connectivity index (χ0v) is 5.09. The van der Waals surface area contributed by atoms with Gasteiger partial charge in [-0.2, -0.15) is 0 Å². The molecule has 0 spiro atoms. The molecule has 1 unspecified atom stereocenters. The first kappa shape index (κ1) is 7.59. The standard InChI is InChI=1S/C3H4O2.C2H6O/c4-1-3-2-5-3;1-3-2/h1,3H,2H2;1-2H3. The van der Waals surface area contributed by atoms with Crippen LogP contribution in [0.1, 0.15) is 0 Å². The molecule has 0 aromatic rings. The molecule has 1 rings (SSSR count). The first-order valence-electron chi connectivity index (χ1n) is 2.32. The van der Waals surface area contributed by atoms with Gasteiger partial charge in [-0.3, -0.25) is 0 Å². The van der Waals surface area contributed by atoms with Crippen LogP contribution in [0.15, 0.2) is 0 Å². The van der Waals surface area contributed by atoms with Crippen LogP contribution >= 0.6 is 0 Å². The number of hydrogen-bond acceptors (Lipinski definition) is 3. The maximum atomic E-state index is 9.44. The Morgan fingerprint density at radius 2 is 2.12 bits per heavy atom. The van der Waals surface area contributed by atoms with Crippen molar-refractivity contribution in [2.75, 3.05) is 20.8 Å². The predicted molar refractivity (Wildman–Crippen MR) is 28.7 cm³/mol. The van der Waals surface area contributed by atoms with Gasteiger partial charge in [-0.05, 0) is 0 Å². The molecule has 1 saturated heterocycles. The molecule has 0 N–H and O–H groups in total. The minimum Gasteiger partial charge on any atom is -0.388 e. The molecule has 0 aromatic carbocycles. The fourth-order valence-corrected chi connectivity index (χ4v) is 0.134. The highest BCUT2D eigenvalue weighted by Gasteiger charge is 2.19. The Hall–Kier alpha value is -0.410. The van der Waals surface area contributed by atoms with Crippen molar-refractivity contribution in [1.82, 2.24) is 0 Å². The minimum absolute atomic E-state index is 0.0463. The van der Waals surface area contributed by atoms with Gasteiger partial charge in [-0.15, -0.1) is 0 Å². The van der Waals surface area contributed by atoms with Crippen LogP contribution in [0.5, 0.6) is 0 Å². The molecule has 0 amide bonds. The molecule has 3 nitrogen and oxygen atoms in total. The van der Waals surface area contributed by atoms with E-state index < -0.39 is 0 Å². The summed E-state index contributed by atoms with van der Waals surface area (Å²) in [6.45, 7) is 0.642. The first-order valence-corrected chi connectivity index (χ1v) is 2.32. The van der Waals surface area contributed by atoms with Crippen LogP contribution in [-0.4, -0.2) is 33.2 Å². The number of methoxy groups -OCH3 is 1. The van der Waals surface area contributed by atoms with E-state index in [1.807, 2.05) is 0 Å². The molecule has 1 fully saturated rings. The summed E-state index contributed by atoms with van der Waals surface area (Å²) in [5.74, 6) is 0. The van der Waals surface area contributed by atoms with Gasteiger partial charge < -0.3 is 14.3 Å². The molecule has 1 aliphatic rings. The Labute approximate surface area is 48.6 Å². The Kier molecular flexibility index (Phi) is 4.50. The summed E-state index contributed by atoms with van der Waals surface area (Å²) in [4.78, 5) is 9.44.